The van der Waals surface area contributed by atoms with E-state index < -0.39 is 0 Å². The molecule has 2 heterocycles. The first-order valence-electron chi connectivity index (χ1n) is 8.49. The first kappa shape index (κ1) is 17.4. The van der Waals surface area contributed by atoms with E-state index >= 15 is 0 Å². The highest BCUT2D eigenvalue weighted by atomic mass is 19.1. The Labute approximate surface area is 146 Å². The van der Waals surface area contributed by atoms with Gasteiger partial charge in [0.25, 0.3) is 5.91 Å². The molecule has 25 heavy (non-hydrogen) atoms. The van der Waals surface area contributed by atoms with Crippen molar-refractivity contribution in [3.8, 4) is 0 Å². The summed E-state index contributed by atoms with van der Waals surface area (Å²) in [7, 11) is 0. The van der Waals surface area contributed by atoms with Crippen molar-refractivity contribution >= 4 is 5.91 Å². The normalized spacial score (nSPS) is 15.9. The molecule has 0 spiro atoms. The number of aromatic nitrogens is 1. The number of nitrogens with one attached hydrogen (secondary N) is 1. The monoisotopic (exact) mass is 343 g/mol. The number of nitrogens with zero attached hydrogens (tertiary/aromatic N) is 2. The van der Waals surface area contributed by atoms with Gasteiger partial charge in [0.05, 0.1) is 6.67 Å². The maximum atomic E-state index is 13.3. The molecule has 0 unspecified atom stereocenters. The quantitative estimate of drug-likeness (QED) is 0.685. The Balaban J connectivity index is 1.50. The maximum absolute atomic E-state index is 13.3. The molecule has 5 nitrogen and oxygen atoms in total. The van der Waals surface area contributed by atoms with Crippen LogP contribution in [0.15, 0.2) is 42.6 Å². The molecule has 1 amide bonds. The van der Waals surface area contributed by atoms with E-state index in [-0.39, 0.29) is 17.6 Å². The van der Waals surface area contributed by atoms with Crippen LogP contribution in [0.2, 0.25) is 0 Å². The van der Waals surface area contributed by atoms with Gasteiger partial charge in [-0.15, -0.1) is 0 Å². The second kappa shape index (κ2) is 7.61. The van der Waals surface area contributed by atoms with Crippen molar-refractivity contribution < 1.29 is 13.9 Å². The number of piperidine rings is 1. The van der Waals surface area contributed by atoms with Gasteiger partial charge < -0.3 is 10.5 Å². The first-order valence-corrected chi connectivity index (χ1v) is 8.49. The molecule has 1 N–H and O–H groups in total. The number of likely N-dealkylation sites (tertiary alicyclic amines) is 1. The highest BCUT2D eigenvalue weighted by Crippen LogP contribution is 2.25. The lowest BCUT2D eigenvalue weighted by Crippen LogP contribution is -2.43. The Morgan fingerprint density at radius 3 is 2.76 bits per heavy atom. The van der Waals surface area contributed by atoms with Crippen molar-refractivity contribution in [2.45, 2.75) is 25.7 Å². The second-order valence-electron chi connectivity index (χ2n) is 6.47. The molecule has 0 radical (unpaired) electrons. The predicted octanol–water partition coefficient (Wildman–Crippen LogP) is 2.33. The molecule has 1 aromatic carbocycles. The zero-order chi connectivity index (χ0) is 17.8. The number of carbonyl (C=O) groups excluding carboxylic acids is 1. The highest BCUT2D eigenvalue weighted by molar-refractivity contribution is 5.94. The van der Waals surface area contributed by atoms with Gasteiger partial charge in [-0.2, -0.15) is 4.73 Å². The largest absolute Gasteiger partial charge is 0.618 e. The third-order valence-electron chi connectivity index (χ3n) is 4.74. The summed E-state index contributed by atoms with van der Waals surface area (Å²) < 4.78 is 14.2. The summed E-state index contributed by atoms with van der Waals surface area (Å²) in [6.45, 7) is 3.74. The van der Waals surface area contributed by atoms with Gasteiger partial charge in [-0.1, -0.05) is 6.07 Å². The van der Waals surface area contributed by atoms with Crippen molar-refractivity contribution in [1.82, 2.24) is 10.2 Å². The zero-order valence-electron chi connectivity index (χ0n) is 14.2. The Kier molecular flexibility index (Phi) is 5.28. The number of halogens is 1. The van der Waals surface area contributed by atoms with E-state index in [9.17, 15) is 14.4 Å². The average molecular weight is 343 g/mol. The summed E-state index contributed by atoms with van der Waals surface area (Å²) in [5.41, 5.74) is 1.74. The van der Waals surface area contributed by atoms with Crippen LogP contribution < -0.4 is 10.0 Å². The molecule has 2 aromatic rings. The molecular weight excluding hydrogens is 321 g/mol. The van der Waals surface area contributed by atoms with Gasteiger partial charge >= 0.3 is 0 Å². The van der Waals surface area contributed by atoms with E-state index in [0.29, 0.717) is 17.8 Å². The number of benzene rings is 1. The fourth-order valence-corrected chi connectivity index (χ4v) is 3.22. The van der Waals surface area contributed by atoms with Crippen molar-refractivity contribution in [2.24, 2.45) is 0 Å². The lowest BCUT2D eigenvalue weighted by atomic mass is 9.93. The summed E-state index contributed by atoms with van der Waals surface area (Å²) in [6.07, 6.45) is 3.31. The van der Waals surface area contributed by atoms with Gasteiger partial charge in [-0.05, 0) is 43.5 Å². The summed E-state index contributed by atoms with van der Waals surface area (Å²) in [4.78, 5) is 14.3. The molecule has 6 heteroatoms. The van der Waals surface area contributed by atoms with E-state index in [4.69, 9.17) is 0 Å². The molecule has 1 aliphatic heterocycles. The summed E-state index contributed by atoms with van der Waals surface area (Å²) >= 11 is 0. The fourth-order valence-electron chi connectivity index (χ4n) is 3.22. The number of rotatable bonds is 4. The van der Waals surface area contributed by atoms with E-state index in [1.165, 1.54) is 18.3 Å². The van der Waals surface area contributed by atoms with Crippen LogP contribution in [0, 0.1) is 17.9 Å². The third kappa shape index (κ3) is 4.14. The number of carbonyl (C=O) groups is 1. The molecule has 3 rings (SSSR count). The fraction of sp³-hybridized carbons (Fsp3) is 0.368. The van der Waals surface area contributed by atoms with Gasteiger partial charge in [0.1, 0.15) is 5.82 Å². The number of pyridine rings is 1. The van der Waals surface area contributed by atoms with Crippen LogP contribution in [0.5, 0.6) is 0 Å². The third-order valence-corrected chi connectivity index (χ3v) is 4.74. The SMILES string of the molecule is Cc1cc(C(=O)NCN2CCC(c3cccc[n+]3[O-])CC2)ccc1F. The molecule has 1 fully saturated rings. The van der Waals surface area contributed by atoms with Crippen molar-refractivity contribution in [2.75, 3.05) is 19.8 Å². The number of amides is 1. The van der Waals surface area contributed by atoms with Gasteiger partial charge in [0, 0.05) is 36.7 Å². The van der Waals surface area contributed by atoms with Gasteiger partial charge in [-0.3, -0.25) is 9.69 Å². The van der Waals surface area contributed by atoms with Gasteiger partial charge in [0.2, 0.25) is 0 Å². The smallest absolute Gasteiger partial charge is 0.252 e. The van der Waals surface area contributed by atoms with Crippen molar-refractivity contribution in [3.63, 3.8) is 0 Å². The molecule has 1 saturated heterocycles. The van der Waals surface area contributed by atoms with Crippen LogP contribution in [0.25, 0.3) is 0 Å². The lowest BCUT2D eigenvalue weighted by Gasteiger charge is -2.31. The molecule has 0 saturated carbocycles. The highest BCUT2D eigenvalue weighted by Gasteiger charge is 2.25. The van der Waals surface area contributed by atoms with Crippen molar-refractivity contribution in [3.05, 3.63) is 70.4 Å². The molecule has 132 valence electrons. The van der Waals surface area contributed by atoms with Crippen molar-refractivity contribution in [1.29, 1.82) is 0 Å². The van der Waals surface area contributed by atoms with Crippen LogP contribution >= 0.6 is 0 Å². The molecule has 1 aromatic heterocycles. The van der Waals surface area contributed by atoms with Crippen LogP contribution in [0.4, 0.5) is 4.39 Å². The van der Waals surface area contributed by atoms with Crippen LogP contribution in [-0.2, 0) is 0 Å². The Hall–Kier alpha value is -2.47. The first-order chi connectivity index (χ1) is 12.0. The van der Waals surface area contributed by atoms with Crippen LogP contribution in [-0.4, -0.2) is 30.6 Å². The minimum absolute atomic E-state index is 0.203. The lowest BCUT2D eigenvalue weighted by molar-refractivity contribution is -0.616. The Bertz CT molecular complexity index is 758. The topological polar surface area (TPSA) is 59.3 Å². The molecular formula is C19H22FN3O2. The molecule has 0 atom stereocenters. The number of hydrogen-bond donors (Lipinski definition) is 1. The van der Waals surface area contributed by atoms with E-state index in [1.807, 2.05) is 12.1 Å². The van der Waals surface area contributed by atoms with E-state index in [2.05, 4.69) is 10.2 Å². The Morgan fingerprint density at radius 2 is 2.08 bits per heavy atom. The molecule has 1 aliphatic rings. The second-order valence-corrected chi connectivity index (χ2v) is 6.47. The Morgan fingerprint density at radius 1 is 1.32 bits per heavy atom. The molecule has 0 aliphatic carbocycles. The van der Waals surface area contributed by atoms with E-state index in [0.717, 1.165) is 36.4 Å². The van der Waals surface area contributed by atoms with E-state index in [1.54, 1.807) is 19.1 Å². The van der Waals surface area contributed by atoms with Crippen LogP contribution in [0.1, 0.15) is 40.4 Å². The minimum Gasteiger partial charge on any atom is -0.618 e. The average Bonchev–Trinajstić information content (AvgIpc) is 2.63. The summed E-state index contributed by atoms with van der Waals surface area (Å²) in [5, 5.41) is 14.7. The maximum Gasteiger partial charge on any atom is 0.252 e. The number of aryl methyl sites for hydroxylation is 1. The van der Waals surface area contributed by atoms with Gasteiger partial charge in [0.15, 0.2) is 11.9 Å². The van der Waals surface area contributed by atoms with Gasteiger partial charge in [-0.25, -0.2) is 4.39 Å². The summed E-state index contributed by atoms with van der Waals surface area (Å²) in [6, 6.07) is 9.87. The number of hydrogen-bond acceptors (Lipinski definition) is 3. The zero-order valence-corrected chi connectivity index (χ0v) is 14.2. The van der Waals surface area contributed by atoms with Crippen LogP contribution in [0.3, 0.4) is 0 Å². The molecule has 0 bridgehead atoms. The minimum atomic E-state index is -0.310. The predicted molar refractivity (Wildman–Crippen MR) is 92.4 cm³/mol. The summed E-state index contributed by atoms with van der Waals surface area (Å²) in [5.74, 6) is -0.258. The standard InChI is InChI=1S/C19H22FN3O2/c1-14-12-16(5-6-17(14)20)19(24)21-13-22-10-7-15(8-11-22)18-4-2-3-9-23(18)25/h2-6,9,12,15H,7-8,10-11,13H2,1H3,(H,21,24).